The van der Waals surface area contributed by atoms with Gasteiger partial charge in [-0.15, -0.1) is 10.2 Å². The minimum atomic E-state index is -3.66. The van der Waals surface area contributed by atoms with Crippen LogP contribution in [0.1, 0.15) is 6.92 Å². The van der Waals surface area contributed by atoms with Crippen LogP contribution in [0.4, 0.5) is 22.5 Å². The molecule has 1 saturated heterocycles. The van der Waals surface area contributed by atoms with E-state index in [4.69, 9.17) is 0 Å². The number of hydrogen-bond donors (Lipinski definition) is 2. The third kappa shape index (κ3) is 4.95. The number of carbonyl (C=O) groups is 1. The summed E-state index contributed by atoms with van der Waals surface area (Å²) >= 11 is 0.941. The number of anilines is 4. The predicted molar refractivity (Wildman–Crippen MR) is 117 cm³/mol. The van der Waals surface area contributed by atoms with Gasteiger partial charge in [-0.05, 0) is 24.3 Å². The van der Waals surface area contributed by atoms with Crippen LogP contribution in [0.3, 0.4) is 0 Å². The molecule has 0 saturated carbocycles. The fourth-order valence-corrected chi connectivity index (χ4v) is 5.67. The van der Waals surface area contributed by atoms with E-state index in [1.165, 1.54) is 17.4 Å². The summed E-state index contributed by atoms with van der Waals surface area (Å²) in [5.41, 5.74) is 0.813. The number of pyridine rings is 1. The average molecular weight is 461 g/mol. The van der Waals surface area contributed by atoms with Crippen molar-refractivity contribution < 1.29 is 13.2 Å². The molecule has 1 aliphatic heterocycles. The lowest BCUT2D eigenvalue weighted by atomic mass is 10.3. The number of piperazine rings is 1. The second-order valence-corrected chi connectivity index (χ2v) is 9.90. The Morgan fingerprint density at radius 2 is 1.90 bits per heavy atom. The summed E-state index contributed by atoms with van der Waals surface area (Å²) in [6.07, 6.45) is 4.66. The van der Waals surface area contributed by atoms with E-state index in [9.17, 15) is 13.2 Å². The van der Waals surface area contributed by atoms with Crippen molar-refractivity contribution in [3.63, 3.8) is 0 Å². The maximum absolute atomic E-state index is 12.9. The van der Waals surface area contributed by atoms with Gasteiger partial charge in [0.25, 0.3) is 10.0 Å². The summed E-state index contributed by atoms with van der Waals surface area (Å²) in [5.74, 6) is 0.979. The minimum Gasteiger partial charge on any atom is -0.352 e. The zero-order chi connectivity index (χ0) is 21.8. The number of hydrogen-bond acceptors (Lipinski definition) is 10. The molecule has 0 radical (unpaired) electrons. The molecule has 0 spiro atoms. The van der Waals surface area contributed by atoms with Crippen molar-refractivity contribution in [1.82, 2.24) is 24.5 Å². The topological polar surface area (TPSA) is 133 Å². The molecule has 1 aliphatic rings. The van der Waals surface area contributed by atoms with Crippen molar-refractivity contribution in [2.24, 2.45) is 0 Å². The first-order valence-electron chi connectivity index (χ1n) is 9.41. The minimum absolute atomic E-state index is 0.107. The summed E-state index contributed by atoms with van der Waals surface area (Å²) in [6, 6.07) is 7.37. The Morgan fingerprint density at radius 1 is 1.10 bits per heavy atom. The van der Waals surface area contributed by atoms with Gasteiger partial charge in [0.1, 0.15) is 0 Å². The van der Waals surface area contributed by atoms with Crippen LogP contribution in [0.2, 0.25) is 0 Å². The molecule has 0 aliphatic carbocycles. The van der Waals surface area contributed by atoms with Crippen LogP contribution in [0.25, 0.3) is 0 Å². The largest absolute Gasteiger partial charge is 0.352 e. The molecule has 1 amide bonds. The first kappa shape index (κ1) is 21.1. The third-order valence-corrected chi connectivity index (χ3v) is 7.76. The highest BCUT2D eigenvalue weighted by Crippen LogP contribution is 2.27. The number of thiazole rings is 1. The third-order valence-electron chi connectivity index (χ3n) is 4.51. The zero-order valence-electron chi connectivity index (χ0n) is 16.6. The number of rotatable bonds is 6. The van der Waals surface area contributed by atoms with E-state index in [0.717, 1.165) is 17.0 Å². The van der Waals surface area contributed by atoms with Crippen molar-refractivity contribution in [2.45, 2.75) is 11.1 Å². The van der Waals surface area contributed by atoms with E-state index in [2.05, 4.69) is 30.8 Å². The van der Waals surface area contributed by atoms with Gasteiger partial charge in [-0.2, -0.15) is 4.31 Å². The van der Waals surface area contributed by atoms with Gasteiger partial charge < -0.3 is 15.5 Å². The quantitative estimate of drug-likeness (QED) is 0.562. The van der Waals surface area contributed by atoms with E-state index in [-0.39, 0.29) is 15.2 Å². The Balaban J connectivity index is 1.37. The number of carbonyl (C=O) groups excluding carboxylic acids is 1. The van der Waals surface area contributed by atoms with Gasteiger partial charge in [0, 0.05) is 39.3 Å². The van der Waals surface area contributed by atoms with Gasteiger partial charge in [0.05, 0.1) is 18.1 Å². The molecule has 3 aromatic heterocycles. The molecule has 31 heavy (non-hydrogen) atoms. The smallest absolute Gasteiger partial charge is 0.254 e. The number of nitrogens with one attached hydrogen (secondary N) is 2. The number of amides is 1. The zero-order valence-corrected chi connectivity index (χ0v) is 18.2. The van der Waals surface area contributed by atoms with Gasteiger partial charge in [-0.3, -0.25) is 9.78 Å². The molecule has 4 heterocycles. The van der Waals surface area contributed by atoms with Crippen LogP contribution in [0, 0.1) is 0 Å². The molecule has 11 nitrogen and oxygen atoms in total. The molecule has 3 aromatic rings. The van der Waals surface area contributed by atoms with Crippen LogP contribution in [-0.4, -0.2) is 65.0 Å². The highest BCUT2D eigenvalue weighted by atomic mass is 32.2. The lowest BCUT2D eigenvalue weighted by Crippen LogP contribution is -2.48. The SMILES string of the molecule is CC(=O)Nc1ncc(S(=O)(=O)N2CCN(c3ccc(Nc4cccnc4)nn3)CC2)s1. The first-order valence-corrected chi connectivity index (χ1v) is 11.7. The monoisotopic (exact) mass is 460 g/mol. The molecule has 0 atom stereocenters. The van der Waals surface area contributed by atoms with E-state index in [1.54, 1.807) is 12.4 Å². The fraction of sp³-hybridized carbons (Fsp3) is 0.278. The molecule has 2 N–H and O–H groups in total. The molecule has 4 rings (SSSR count). The molecule has 0 bridgehead atoms. The predicted octanol–water partition coefficient (Wildman–Crippen LogP) is 1.54. The number of nitrogens with zero attached hydrogens (tertiary/aromatic N) is 6. The van der Waals surface area contributed by atoms with Crippen LogP contribution in [0.15, 0.2) is 47.1 Å². The van der Waals surface area contributed by atoms with Crippen molar-refractivity contribution in [2.75, 3.05) is 41.7 Å². The Labute approximate surface area is 183 Å². The van der Waals surface area contributed by atoms with Gasteiger partial charge in [-0.1, -0.05) is 11.3 Å². The Morgan fingerprint density at radius 3 is 2.55 bits per heavy atom. The maximum Gasteiger partial charge on any atom is 0.254 e. The molecule has 0 unspecified atom stereocenters. The summed E-state index contributed by atoms with van der Waals surface area (Å²) < 4.78 is 27.3. The Kier molecular flexibility index (Phi) is 6.06. The fourth-order valence-electron chi connectivity index (χ4n) is 3.02. The molecular weight excluding hydrogens is 440 g/mol. The van der Waals surface area contributed by atoms with Crippen molar-refractivity contribution in [3.05, 3.63) is 42.9 Å². The van der Waals surface area contributed by atoms with Gasteiger partial charge >= 0.3 is 0 Å². The van der Waals surface area contributed by atoms with Crippen molar-refractivity contribution >= 4 is 49.7 Å². The average Bonchev–Trinajstić information content (AvgIpc) is 3.24. The standard InChI is InChI=1S/C18H20N8O3S2/c1-13(27)21-18-20-12-17(30-18)31(28,29)26-9-7-25(8-10-26)16-5-4-15(23-24-16)22-14-3-2-6-19-11-14/h2-6,11-12H,7-10H2,1H3,(H,22,23)(H,20,21,27). The highest BCUT2D eigenvalue weighted by molar-refractivity contribution is 7.91. The van der Waals surface area contributed by atoms with E-state index >= 15 is 0 Å². The van der Waals surface area contributed by atoms with Gasteiger partial charge in [0.2, 0.25) is 5.91 Å². The van der Waals surface area contributed by atoms with E-state index in [1.807, 2.05) is 29.2 Å². The summed E-state index contributed by atoms with van der Waals surface area (Å²) in [4.78, 5) is 21.1. The van der Waals surface area contributed by atoms with Crippen molar-refractivity contribution in [3.8, 4) is 0 Å². The van der Waals surface area contributed by atoms with Crippen LogP contribution in [-0.2, 0) is 14.8 Å². The number of sulfonamides is 1. The summed E-state index contributed by atoms with van der Waals surface area (Å²) in [6.45, 7) is 2.95. The lowest BCUT2D eigenvalue weighted by molar-refractivity contribution is -0.114. The number of aromatic nitrogens is 4. The maximum atomic E-state index is 12.9. The molecule has 0 aromatic carbocycles. The first-order chi connectivity index (χ1) is 14.9. The van der Waals surface area contributed by atoms with E-state index in [0.29, 0.717) is 37.8 Å². The van der Waals surface area contributed by atoms with Gasteiger partial charge in [-0.25, -0.2) is 13.4 Å². The van der Waals surface area contributed by atoms with Crippen molar-refractivity contribution in [1.29, 1.82) is 0 Å². The second-order valence-electron chi connectivity index (χ2n) is 6.70. The van der Waals surface area contributed by atoms with Gasteiger partial charge in [0.15, 0.2) is 21.0 Å². The second kappa shape index (κ2) is 8.91. The van der Waals surface area contributed by atoms with Crippen LogP contribution < -0.4 is 15.5 Å². The molecule has 13 heteroatoms. The van der Waals surface area contributed by atoms with Crippen LogP contribution in [0.5, 0.6) is 0 Å². The van der Waals surface area contributed by atoms with Crippen LogP contribution >= 0.6 is 11.3 Å². The molecular formula is C18H20N8O3S2. The molecule has 1 fully saturated rings. The summed E-state index contributed by atoms with van der Waals surface area (Å²) in [7, 11) is -3.66. The summed E-state index contributed by atoms with van der Waals surface area (Å²) in [5, 5.41) is 14.3. The Bertz CT molecular complexity index is 1140. The Hall–Kier alpha value is -3.16. The molecule has 162 valence electrons. The normalized spacial score (nSPS) is 14.9. The lowest BCUT2D eigenvalue weighted by Gasteiger charge is -2.34. The van der Waals surface area contributed by atoms with E-state index < -0.39 is 10.0 Å². The highest BCUT2D eigenvalue weighted by Gasteiger charge is 2.30.